The predicted octanol–water partition coefficient (Wildman–Crippen LogP) is 8.23. The van der Waals surface area contributed by atoms with Gasteiger partial charge in [0, 0.05) is 24.2 Å². The first-order valence-corrected chi connectivity index (χ1v) is 16.1. The molecule has 3 aliphatic rings. The Morgan fingerprint density at radius 3 is 2.14 bits per heavy atom. The zero-order chi connectivity index (χ0) is 35.2. The van der Waals surface area contributed by atoms with Crippen LogP contribution in [0.4, 0.5) is 37.0 Å². The van der Waals surface area contributed by atoms with E-state index in [0.717, 1.165) is 37.9 Å². The molecule has 14 heteroatoms. The molecule has 2 saturated heterocycles. The van der Waals surface area contributed by atoms with E-state index in [1.165, 1.54) is 18.9 Å². The highest BCUT2D eigenvalue weighted by Crippen LogP contribution is 2.43. The van der Waals surface area contributed by atoms with E-state index in [4.69, 9.17) is 14.5 Å². The van der Waals surface area contributed by atoms with Crippen LogP contribution >= 0.6 is 0 Å². The first-order chi connectivity index (χ1) is 23.1. The van der Waals surface area contributed by atoms with Gasteiger partial charge >= 0.3 is 24.4 Å². The molecule has 1 saturated carbocycles. The van der Waals surface area contributed by atoms with E-state index in [-0.39, 0.29) is 36.2 Å². The molecule has 262 valence electrons. The molecule has 2 aliphatic heterocycles. The number of aromatic hydroxyl groups is 1. The maximum Gasteiger partial charge on any atom is 0.416 e. The van der Waals surface area contributed by atoms with Crippen molar-refractivity contribution in [1.82, 2.24) is 9.88 Å². The number of phenols is 1. The average molecular weight is 692 g/mol. The van der Waals surface area contributed by atoms with Crippen LogP contribution in [-0.4, -0.2) is 53.3 Å². The Hall–Kier alpha value is -4.49. The van der Waals surface area contributed by atoms with Gasteiger partial charge in [0.05, 0.1) is 42.4 Å². The molecule has 2 aromatic carbocycles. The Morgan fingerprint density at radius 2 is 1.57 bits per heavy atom. The minimum Gasteiger partial charge on any atom is -0.507 e. The second-order valence-electron chi connectivity index (χ2n) is 12.9. The number of aromatic nitrogens is 1. The number of carbonyl (C=O) groups excluding carboxylic acids is 2. The van der Waals surface area contributed by atoms with Crippen LogP contribution in [0, 0.1) is 5.92 Å². The van der Waals surface area contributed by atoms with E-state index < -0.39 is 47.3 Å². The summed E-state index contributed by atoms with van der Waals surface area (Å²) in [5.41, 5.74) is -1.15. The number of halogens is 6. The topological polar surface area (TPSA) is 92.2 Å². The number of nitrogens with zero attached hydrogens (tertiary/aromatic N) is 3. The number of benzene rings is 2. The van der Waals surface area contributed by atoms with Gasteiger partial charge in [0.2, 0.25) is 0 Å². The summed E-state index contributed by atoms with van der Waals surface area (Å²) in [6.07, 6.45) is -8.69. The third-order valence-corrected chi connectivity index (χ3v) is 9.83. The van der Waals surface area contributed by atoms with Gasteiger partial charge in [-0.15, -0.1) is 0 Å². The minimum atomic E-state index is -5.06. The molecule has 0 radical (unpaired) electrons. The van der Waals surface area contributed by atoms with Gasteiger partial charge in [-0.05, 0) is 98.5 Å². The summed E-state index contributed by atoms with van der Waals surface area (Å²) in [7, 11) is 1.37. The molecule has 1 N–H and O–H groups in total. The summed E-state index contributed by atoms with van der Waals surface area (Å²) < 4.78 is 92.0. The van der Waals surface area contributed by atoms with Crippen molar-refractivity contribution in [2.75, 3.05) is 25.1 Å². The highest BCUT2D eigenvalue weighted by Gasteiger charge is 2.44. The van der Waals surface area contributed by atoms with E-state index in [1.54, 1.807) is 12.1 Å². The van der Waals surface area contributed by atoms with Gasteiger partial charge in [0.1, 0.15) is 17.7 Å². The summed E-state index contributed by atoms with van der Waals surface area (Å²) in [6, 6.07) is 9.08. The molecule has 0 bridgehead atoms. The van der Waals surface area contributed by atoms with E-state index in [1.807, 2.05) is 23.1 Å². The van der Waals surface area contributed by atoms with Crippen molar-refractivity contribution < 1.29 is 50.5 Å². The lowest BCUT2D eigenvalue weighted by Gasteiger charge is -2.33. The fourth-order valence-corrected chi connectivity index (χ4v) is 6.89. The summed E-state index contributed by atoms with van der Waals surface area (Å²) in [5, 5.41) is 11.0. The average Bonchev–Trinajstić information content (AvgIpc) is 3.31. The summed E-state index contributed by atoms with van der Waals surface area (Å²) in [5.74, 6) is 0.329. The van der Waals surface area contributed by atoms with Crippen molar-refractivity contribution in [3.8, 4) is 16.9 Å². The van der Waals surface area contributed by atoms with Gasteiger partial charge < -0.3 is 19.5 Å². The quantitative estimate of drug-likeness (QED) is 0.197. The van der Waals surface area contributed by atoms with Crippen molar-refractivity contribution in [2.45, 2.75) is 76.0 Å². The number of carbonyl (C=O) groups is 2. The van der Waals surface area contributed by atoms with Crippen LogP contribution in [0.2, 0.25) is 0 Å². The second kappa shape index (κ2) is 13.1. The second-order valence-corrected chi connectivity index (χ2v) is 12.9. The minimum absolute atomic E-state index is 0.0333. The molecule has 3 aromatic rings. The first kappa shape index (κ1) is 34.4. The van der Waals surface area contributed by atoms with Crippen LogP contribution in [0.3, 0.4) is 0 Å². The number of amides is 1. The highest BCUT2D eigenvalue weighted by molar-refractivity contribution is 5.76. The number of rotatable bonds is 7. The number of methoxy groups -OCH3 is 1. The standard InChI is InChI=1S/C35H35F6N3O5/c1-19-31(23-14-24(34(36,37)38)17-25(15-23)35(39,40)41)49-33(47)44(19)18-28-26(9-11-30(42-28)43-12-3-13-43)27-16-22(8-10-29(27)45)20-4-6-21(7-5-20)32(46)48-2/h8-11,14-17,19-21,31,45H,3-7,12-13,18H2,1-2H3/t19-,20-,21-,31-/m0/s1. The molecule has 1 aromatic heterocycles. The third kappa shape index (κ3) is 7.00. The molecular formula is C35H35F6N3O5. The van der Waals surface area contributed by atoms with Crippen molar-refractivity contribution >= 4 is 17.9 Å². The Kier molecular flexibility index (Phi) is 9.18. The third-order valence-electron chi connectivity index (χ3n) is 9.83. The molecule has 1 aliphatic carbocycles. The maximum absolute atomic E-state index is 13.6. The molecule has 1 amide bonds. The number of phenolic OH excluding ortho intramolecular Hbond substituents is 1. The Morgan fingerprint density at radius 1 is 0.918 bits per heavy atom. The van der Waals surface area contributed by atoms with Gasteiger partial charge in [-0.2, -0.15) is 26.3 Å². The molecular weight excluding hydrogens is 656 g/mol. The molecule has 8 nitrogen and oxygen atoms in total. The summed E-state index contributed by atoms with van der Waals surface area (Å²) in [6.45, 7) is 2.83. The number of hydrogen-bond donors (Lipinski definition) is 1. The van der Waals surface area contributed by atoms with Crippen molar-refractivity contribution in [3.63, 3.8) is 0 Å². The van der Waals surface area contributed by atoms with Crippen LogP contribution in [-0.2, 0) is 33.2 Å². The zero-order valence-corrected chi connectivity index (χ0v) is 26.8. The number of pyridine rings is 1. The zero-order valence-electron chi connectivity index (χ0n) is 26.8. The fraction of sp³-hybridized carbons (Fsp3) is 0.457. The monoisotopic (exact) mass is 691 g/mol. The largest absolute Gasteiger partial charge is 0.507 e. The van der Waals surface area contributed by atoms with Crippen LogP contribution in [0.15, 0.2) is 48.5 Å². The van der Waals surface area contributed by atoms with Gasteiger partial charge in [-0.3, -0.25) is 9.69 Å². The lowest BCUT2D eigenvalue weighted by atomic mass is 9.78. The fourth-order valence-electron chi connectivity index (χ4n) is 6.89. The summed E-state index contributed by atoms with van der Waals surface area (Å²) in [4.78, 5) is 33.4. The van der Waals surface area contributed by atoms with Crippen LogP contribution in [0.25, 0.3) is 11.1 Å². The molecule has 3 heterocycles. The van der Waals surface area contributed by atoms with E-state index in [9.17, 15) is 41.0 Å². The number of anilines is 1. The van der Waals surface area contributed by atoms with Crippen molar-refractivity contribution in [3.05, 3.63) is 76.5 Å². The van der Waals surface area contributed by atoms with Gasteiger partial charge in [0.15, 0.2) is 0 Å². The molecule has 0 spiro atoms. The highest BCUT2D eigenvalue weighted by atomic mass is 19.4. The number of alkyl halides is 6. The Labute approximate surface area is 278 Å². The molecule has 6 rings (SSSR count). The molecule has 49 heavy (non-hydrogen) atoms. The number of ether oxygens (including phenoxy) is 2. The Balaban J connectivity index is 1.32. The molecule has 2 atom stereocenters. The van der Waals surface area contributed by atoms with E-state index >= 15 is 0 Å². The van der Waals surface area contributed by atoms with E-state index in [2.05, 4.69) is 0 Å². The maximum atomic E-state index is 13.6. The first-order valence-electron chi connectivity index (χ1n) is 16.1. The molecule has 0 unspecified atom stereocenters. The van der Waals surface area contributed by atoms with Crippen LogP contribution in [0.5, 0.6) is 5.75 Å². The predicted molar refractivity (Wildman–Crippen MR) is 166 cm³/mol. The van der Waals surface area contributed by atoms with Crippen LogP contribution < -0.4 is 4.90 Å². The number of cyclic esters (lactones) is 1. The van der Waals surface area contributed by atoms with E-state index in [0.29, 0.717) is 47.6 Å². The molecule has 3 fully saturated rings. The lowest BCUT2D eigenvalue weighted by molar-refractivity contribution is -0.147. The number of esters is 1. The van der Waals surface area contributed by atoms with Gasteiger partial charge in [-0.25, -0.2) is 9.78 Å². The van der Waals surface area contributed by atoms with Gasteiger partial charge in [-0.1, -0.05) is 6.07 Å². The van der Waals surface area contributed by atoms with Gasteiger partial charge in [0.25, 0.3) is 0 Å². The normalized spacial score (nSPS) is 22.9. The summed E-state index contributed by atoms with van der Waals surface area (Å²) >= 11 is 0. The van der Waals surface area contributed by atoms with Crippen LogP contribution in [0.1, 0.15) is 79.0 Å². The Bertz CT molecular complexity index is 1700. The SMILES string of the molecule is COC(=O)[C@H]1CC[C@H](c2ccc(O)c(-c3ccc(N4CCC4)nc3CN3C(=O)O[C@H](c4cc(C(F)(F)F)cc(C(F)(F)F)c4)[C@@H]3C)c2)CC1. The van der Waals surface area contributed by atoms with Crippen molar-refractivity contribution in [1.29, 1.82) is 0 Å². The number of hydrogen-bond acceptors (Lipinski definition) is 7. The lowest BCUT2D eigenvalue weighted by Crippen LogP contribution is -2.38. The van der Waals surface area contributed by atoms with Crippen molar-refractivity contribution in [2.24, 2.45) is 5.92 Å². The smallest absolute Gasteiger partial charge is 0.416 e.